The fourth-order valence-corrected chi connectivity index (χ4v) is 0. The molecule has 4 heteroatoms. The minimum atomic E-state index is -0.833. The first-order valence-electron chi connectivity index (χ1n) is 0.928. The van der Waals surface area contributed by atoms with Crippen LogP contribution in [0.3, 0.4) is 0 Å². The predicted molar refractivity (Wildman–Crippen MR) is 13.3 cm³/mol. The van der Waals surface area contributed by atoms with Crippen molar-refractivity contribution in [3.8, 4) is 0 Å². The number of aliphatic carboxylic acids is 1. The van der Waals surface area contributed by atoms with Crippen molar-refractivity contribution in [1.29, 1.82) is 0 Å². The van der Waals surface area contributed by atoms with Crippen molar-refractivity contribution in [2.24, 2.45) is 0 Å². The maximum absolute atomic E-state index is 9.00. The van der Waals surface area contributed by atoms with E-state index in [9.17, 15) is 0 Å². The summed E-state index contributed by atoms with van der Waals surface area (Å²) in [5.74, 6) is -0.833. The molecule has 0 aliphatic rings. The van der Waals surface area contributed by atoms with Crippen LogP contribution >= 0.6 is 0 Å². The zero-order chi connectivity index (χ0) is 3.58. The molecule has 0 aromatic heterocycles. The van der Waals surface area contributed by atoms with Crippen LogP contribution in [0.15, 0.2) is 0 Å². The van der Waals surface area contributed by atoms with E-state index in [1.54, 1.807) is 0 Å². The summed E-state index contributed by atoms with van der Waals surface area (Å²) in [7, 11) is 0. The molecule has 0 saturated carbocycles. The van der Waals surface area contributed by atoms with Gasteiger partial charge in [0.05, 0.1) is 0 Å². The Labute approximate surface area is 61.8 Å². The summed E-state index contributed by atoms with van der Waals surface area (Å²) in [5, 5.41) is 7.42. The summed E-state index contributed by atoms with van der Waals surface area (Å²) < 4.78 is 0. The molecule has 0 radical (unpaired) electrons. The molecule has 28 valence electrons. The van der Waals surface area contributed by atoms with Gasteiger partial charge in [-0.1, -0.05) is 0 Å². The Kier molecular flexibility index (Phi) is 24.4. The second-order valence-corrected chi connectivity index (χ2v) is 0.519. The van der Waals surface area contributed by atoms with Gasteiger partial charge in [0.15, 0.2) is 0 Å². The van der Waals surface area contributed by atoms with E-state index in [-0.39, 0.29) is 39.0 Å². The molecule has 6 heavy (non-hydrogen) atoms. The van der Waals surface area contributed by atoms with E-state index in [4.69, 9.17) is 9.90 Å². The number of hydrogen-bond donors (Lipinski definition) is 1. The summed E-state index contributed by atoms with van der Waals surface area (Å²) >= 11 is 0. The van der Waals surface area contributed by atoms with Crippen LogP contribution in [0.1, 0.15) is 6.92 Å². The van der Waals surface area contributed by atoms with Crippen molar-refractivity contribution in [2.45, 2.75) is 6.92 Å². The topological polar surface area (TPSA) is 37.3 Å². The van der Waals surface area contributed by atoms with Crippen molar-refractivity contribution in [2.75, 3.05) is 0 Å². The Balaban J connectivity index is -0.0000000450. The molecular formula is C2H4O2Zn2. The third-order valence-electron chi connectivity index (χ3n) is 0. The Morgan fingerprint density at radius 1 is 1.50 bits per heavy atom. The van der Waals surface area contributed by atoms with Gasteiger partial charge in [0.2, 0.25) is 0 Å². The largest absolute Gasteiger partial charge is 0.481 e. The predicted octanol–water partition coefficient (Wildman–Crippen LogP) is 0.0859. The molecule has 1 N–H and O–H groups in total. The number of carboxylic acid groups (broad SMARTS) is 1. The molecule has 0 unspecified atom stereocenters. The van der Waals surface area contributed by atoms with Crippen molar-refractivity contribution in [1.82, 2.24) is 0 Å². The van der Waals surface area contributed by atoms with Crippen LogP contribution in [0, 0.1) is 0 Å². The van der Waals surface area contributed by atoms with Gasteiger partial charge in [-0.2, -0.15) is 0 Å². The Morgan fingerprint density at radius 3 is 1.50 bits per heavy atom. The Bertz CT molecular complexity index is 32.5. The number of rotatable bonds is 0. The van der Waals surface area contributed by atoms with Gasteiger partial charge in [0.1, 0.15) is 0 Å². The molecule has 0 aliphatic carbocycles. The molecule has 0 saturated heterocycles. The van der Waals surface area contributed by atoms with Gasteiger partial charge in [-0.3, -0.25) is 4.79 Å². The molecule has 0 spiro atoms. The van der Waals surface area contributed by atoms with E-state index in [1.165, 1.54) is 0 Å². The van der Waals surface area contributed by atoms with E-state index in [2.05, 4.69) is 0 Å². The van der Waals surface area contributed by atoms with E-state index in [1.807, 2.05) is 0 Å². The van der Waals surface area contributed by atoms with Crippen molar-refractivity contribution in [3.05, 3.63) is 0 Å². The van der Waals surface area contributed by atoms with Gasteiger partial charge < -0.3 is 5.11 Å². The van der Waals surface area contributed by atoms with Crippen LogP contribution < -0.4 is 0 Å². The summed E-state index contributed by atoms with van der Waals surface area (Å²) in [5.41, 5.74) is 0. The van der Waals surface area contributed by atoms with Crippen LogP contribution in [-0.4, -0.2) is 11.1 Å². The number of carbonyl (C=O) groups is 1. The minimum absolute atomic E-state index is 0. The van der Waals surface area contributed by atoms with Gasteiger partial charge in [0.25, 0.3) is 5.97 Å². The van der Waals surface area contributed by atoms with Crippen LogP contribution in [0.4, 0.5) is 0 Å². The molecule has 0 aromatic rings. The van der Waals surface area contributed by atoms with Gasteiger partial charge in [0, 0.05) is 45.9 Å². The standard InChI is InChI=1S/C2H4O2.2Zn/c1-2(3)4;;/h1H3,(H,3,4);;. The quantitative estimate of drug-likeness (QED) is 0.550. The molecule has 0 bridgehead atoms. The first kappa shape index (κ1) is 15.9. The molecule has 2 nitrogen and oxygen atoms in total. The van der Waals surface area contributed by atoms with Crippen LogP contribution in [0.5, 0.6) is 0 Å². The molecule has 0 heterocycles. The Morgan fingerprint density at radius 2 is 1.50 bits per heavy atom. The maximum Gasteiger partial charge on any atom is 0.300 e. The van der Waals surface area contributed by atoms with Gasteiger partial charge in [-0.15, -0.1) is 0 Å². The van der Waals surface area contributed by atoms with Gasteiger partial charge in [-0.05, 0) is 0 Å². The van der Waals surface area contributed by atoms with Crippen LogP contribution in [-0.2, 0) is 43.8 Å². The molecule has 0 aliphatic heterocycles. The molecule has 0 amide bonds. The fourth-order valence-electron chi connectivity index (χ4n) is 0. The van der Waals surface area contributed by atoms with Crippen molar-refractivity contribution in [3.63, 3.8) is 0 Å². The van der Waals surface area contributed by atoms with Gasteiger partial charge >= 0.3 is 0 Å². The first-order valence-corrected chi connectivity index (χ1v) is 0.928. The fraction of sp³-hybridized carbons (Fsp3) is 0.500. The summed E-state index contributed by atoms with van der Waals surface area (Å²) in [6, 6.07) is 0. The first-order chi connectivity index (χ1) is 1.73. The SMILES string of the molecule is CC(=O)O.[Zn].[Zn]. The minimum Gasteiger partial charge on any atom is -0.481 e. The molecule has 0 aromatic carbocycles. The zero-order valence-electron chi connectivity index (χ0n) is 3.77. The average molecular weight is 191 g/mol. The second-order valence-electron chi connectivity index (χ2n) is 0.519. The number of hydrogen-bond acceptors (Lipinski definition) is 1. The van der Waals surface area contributed by atoms with E-state index < -0.39 is 5.97 Å². The van der Waals surface area contributed by atoms with E-state index in [0.29, 0.717) is 0 Å². The Hall–Kier alpha value is 0.717. The monoisotopic (exact) mass is 188 g/mol. The van der Waals surface area contributed by atoms with Gasteiger partial charge in [-0.25, -0.2) is 0 Å². The van der Waals surface area contributed by atoms with Crippen molar-refractivity contribution < 1.29 is 48.9 Å². The van der Waals surface area contributed by atoms with Crippen molar-refractivity contribution >= 4 is 5.97 Å². The third kappa shape index (κ3) is 127. The van der Waals surface area contributed by atoms with Crippen LogP contribution in [0.25, 0.3) is 0 Å². The summed E-state index contributed by atoms with van der Waals surface area (Å²) in [6.45, 7) is 1.08. The molecule has 0 rings (SSSR count). The zero-order valence-corrected chi connectivity index (χ0v) is 9.70. The summed E-state index contributed by atoms with van der Waals surface area (Å²) in [6.07, 6.45) is 0. The molecule has 0 fully saturated rings. The maximum atomic E-state index is 9.00. The second kappa shape index (κ2) is 9.21. The smallest absolute Gasteiger partial charge is 0.300 e. The average Bonchev–Trinajstić information content (AvgIpc) is 0.811. The normalized spacial score (nSPS) is 4.17. The molecule has 0 atom stereocenters. The number of carboxylic acids is 1. The molecular weight excluding hydrogens is 187 g/mol. The van der Waals surface area contributed by atoms with E-state index >= 15 is 0 Å². The third-order valence-corrected chi connectivity index (χ3v) is 0. The summed E-state index contributed by atoms with van der Waals surface area (Å²) in [4.78, 5) is 9.00. The van der Waals surface area contributed by atoms with Crippen LogP contribution in [0.2, 0.25) is 0 Å². The van der Waals surface area contributed by atoms with E-state index in [0.717, 1.165) is 6.92 Å².